The Kier molecular flexibility index (Phi) is 6.11. The Morgan fingerprint density at radius 2 is 1.74 bits per heavy atom. The highest BCUT2D eigenvalue weighted by Gasteiger charge is 2.26. The van der Waals surface area contributed by atoms with E-state index in [0.29, 0.717) is 12.0 Å². The normalized spacial score (nSPS) is 13.7. The predicted octanol–water partition coefficient (Wildman–Crippen LogP) is 5.43. The van der Waals surface area contributed by atoms with Gasteiger partial charge in [-0.25, -0.2) is 0 Å². The molecular weight excluding hydrogens is 290 g/mol. The number of benzene rings is 1. The van der Waals surface area contributed by atoms with E-state index in [1.54, 1.807) is 12.1 Å². The number of nitro benzene ring substituents is 1. The molecule has 0 fully saturated rings. The number of hydrogen-bond acceptors (Lipinski definition) is 3. The molecule has 1 N–H and O–H groups in total. The van der Waals surface area contributed by atoms with Gasteiger partial charge in [-0.1, -0.05) is 46.8 Å². The minimum absolute atomic E-state index is 0.0334. The number of nitrogens with zero attached hydrogens (tertiary/aromatic N) is 1. The van der Waals surface area contributed by atoms with Crippen molar-refractivity contribution in [2.45, 2.75) is 60.0 Å². The fourth-order valence-electron chi connectivity index (χ4n) is 3.46. The highest BCUT2D eigenvalue weighted by atomic mass is 16.6. The van der Waals surface area contributed by atoms with E-state index in [1.165, 1.54) is 12.1 Å². The average molecular weight is 319 g/mol. The molecule has 0 aromatic heterocycles. The van der Waals surface area contributed by atoms with Crippen molar-refractivity contribution in [3.8, 4) is 0 Å². The molecule has 1 aromatic rings. The first-order valence-corrected chi connectivity index (χ1v) is 7.99. The molecule has 1 unspecified atom stereocenters. The molecule has 0 saturated heterocycles. The smallest absolute Gasteiger partial charge is 0.269 e. The van der Waals surface area contributed by atoms with Crippen LogP contribution in [0.25, 0.3) is 0 Å². The maximum absolute atomic E-state index is 10.7. The summed E-state index contributed by atoms with van der Waals surface area (Å²) in [5, 5.41) is 21.0. The molecule has 0 heterocycles. The Balaban J connectivity index is 2.64. The summed E-state index contributed by atoms with van der Waals surface area (Å²) in [5.41, 5.74) is 2.10. The summed E-state index contributed by atoms with van der Waals surface area (Å²) in [4.78, 5) is 10.2. The Labute approximate surface area is 139 Å². The fourth-order valence-corrected chi connectivity index (χ4v) is 3.46. The summed E-state index contributed by atoms with van der Waals surface area (Å²) in [6.07, 6.45) is 1.74. The van der Waals surface area contributed by atoms with E-state index >= 15 is 0 Å². The predicted molar refractivity (Wildman–Crippen MR) is 94.3 cm³/mol. The molecule has 0 bridgehead atoms. The summed E-state index contributed by atoms with van der Waals surface area (Å²) < 4.78 is 0. The minimum atomic E-state index is -0.672. The Morgan fingerprint density at radius 1 is 1.22 bits per heavy atom. The number of aliphatic hydroxyl groups is 1. The van der Waals surface area contributed by atoms with Gasteiger partial charge in [-0.05, 0) is 47.8 Å². The van der Waals surface area contributed by atoms with Crippen molar-refractivity contribution in [2.75, 3.05) is 0 Å². The van der Waals surface area contributed by atoms with Gasteiger partial charge < -0.3 is 5.11 Å². The lowest BCUT2D eigenvalue weighted by atomic mass is 9.72. The molecule has 4 nitrogen and oxygen atoms in total. The molecule has 0 radical (unpaired) electrons. The lowest BCUT2D eigenvalue weighted by molar-refractivity contribution is -0.384. The third kappa shape index (κ3) is 6.95. The third-order valence-electron chi connectivity index (χ3n) is 3.71. The first-order valence-electron chi connectivity index (χ1n) is 7.99. The van der Waals surface area contributed by atoms with Crippen LogP contribution in [0, 0.1) is 20.9 Å². The summed E-state index contributed by atoms with van der Waals surface area (Å²) >= 11 is 0. The largest absolute Gasteiger partial charge is 0.388 e. The minimum Gasteiger partial charge on any atom is -0.388 e. The molecule has 0 spiro atoms. The van der Waals surface area contributed by atoms with Crippen LogP contribution in [-0.2, 0) is 0 Å². The number of rotatable bonds is 7. The molecule has 128 valence electrons. The molecule has 1 aromatic carbocycles. The van der Waals surface area contributed by atoms with Gasteiger partial charge in [0, 0.05) is 12.1 Å². The number of non-ortho nitro benzene ring substituents is 1. The molecule has 0 aliphatic heterocycles. The fraction of sp³-hybridized carbons (Fsp3) is 0.579. The van der Waals surface area contributed by atoms with Crippen molar-refractivity contribution in [2.24, 2.45) is 10.8 Å². The van der Waals surface area contributed by atoms with Crippen LogP contribution in [0.4, 0.5) is 5.69 Å². The molecule has 1 atom stereocenters. The first kappa shape index (κ1) is 19.4. The standard InChI is InChI=1S/C19H29NO3/c1-14(12-19(5,6)13-18(2,3)4)11-17(21)15-7-9-16(10-8-15)20(22)23/h7-10,17,21H,1,11-13H2,2-6H3. The van der Waals surface area contributed by atoms with Gasteiger partial charge in [0.05, 0.1) is 11.0 Å². The quantitative estimate of drug-likeness (QED) is 0.414. The molecule has 23 heavy (non-hydrogen) atoms. The van der Waals surface area contributed by atoms with E-state index in [9.17, 15) is 15.2 Å². The van der Waals surface area contributed by atoms with Gasteiger partial charge in [0.15, 0.2) is 0 Å². The van der Waals surface area contributed by atoms with Crippen molar-refractivity contribution < 1.29 is 10.0 Å². The Hall–Kier alpha value is -1.68. The van der Waals surface area contributed by atoms with E-state index < -0.39 is 11.0 Å². The van der Waals surface area contributed by atoms with Crippen molar-refractivity contribution in [3.05, 3.63) is 52.1 Å². The summed E-state index contributed by atoms with van der Waals surface area (Å²) in [7, 11) is 0. The zero-order valence-electron chi connectivity index (χ0n) is 14.9. The van der Waals surface area contributed by atoms with E-state index in [2.05, 4.69) is 41.2 Å². The molecule has 0 aliphatic carbocycles. The van der Waals surface area contributed by atoms with Gasteiger partial charge in [0.2, 0.25) is 0 Å². The zero-order chi connectivity index (χ0) is 17.8. The third-order valence-corrected chi connectivity index (χ3v) is 3.71. The lowest BCUT2D eigenvalue weighted by Crippen LogP contribution is -2.21. The second kappa shape index (κ2) is 7.26. The van der Waals surface area contributed by atoms with Gasteiger partial charge >= 0.3 is 0 Å². The lowest BCUT2D eigenvalue weighted by Gasteiger charge is -2.33. The van der Waals surface area contributed by atoms with Gasteiger partial charge in [0.1, 0.15) is 0 Å². The molecule has 0 saturated carbocycles. The van der Waals surface area contributed by atoms with E-state index in [-0.39, 0.29) is 16.5 Å². The second-order valence-corrected chi connectivity index (χ2v) is 8.40. The van der Waals surface area contributed by atoms with Gasteiger partial charge in [-0.3, -0.25) is 10.1 Å². The molecule has 4 heteroatoms. The second-order valence-electron chi connectivity index (χ2n) is 8.40. The van der Waals surface area contributed by atoms with Gasteiger partial charge in [0.25, 0.3) is 5.69 Å². The molecule has 0 aliphatic rings. The van der Waals surface area contributed by atoms with E-state index in [0.717, 1.165) is 18.4 Å². The van der Waals surface area contributed by atoms with Gasteiger partial charge in [-0.2, -0.15) is 0 Å². The number of aliphatic hydroxyl groups excluding tert-OH is 1. The van der Waals surface area contributed by atoms with Crippen molar-refractivity contribution in [3.63, 3.8) is 0 Å². The maximum Gasteiger partial charge on any atom is 0.269 e. The summed E-state index contributed by atoms with van der Waals surface area (Å²) in [6.45, 7) is 15.2. The van der Waals surface area contributed by atoms with Crippen LogP contribution < -0.4 is 0 Å². The zero-order valence-corrected chi connectivity index (χ0v) is 14.9. The topological polar surface area (TPSA) is 63.4 Å². The first-order chi connectivity index (χ1) is 10.4. The molecule has 1 rings (SSSR count). The summed E-state index contributed by atoms with van der Waals surface area (Å²) in [6, 6.07) is 6.06. The van der Waals surface area contributed by atoms with Crippen LogP contribution in [0.1, 0.15) is 65.5 Å². The van der Waals surface area contributed by atoms with Crippen LogP contribution >= 0.6 is 0 Å². The van der Waals surface area contributed by atoms with Crippen LogP contribution in [0.15, 0.2) is 36.4 Å². The highest BCUT2D eigenvalue weighted by Crippen LogP contribution is 2.39. The SMILES string of the molecule is C=C(CC(O)c1ccc([N+](=O)[O-])cc1)CC(C)(C)CC(C)(C)C. The Bertz CT molecular complexity index is 553. The molecule has 0 amide bonds. The number of nitro groups is 1. The van der Waals surface area contributed by atoms with Crippen LogP contribution in [0.3, 0.4) is 0 Å². The molecular formula is C19H29NO3. The van der Waals surface area contributed by atoms with Gasteiger partial charge in [-0.15, -0.1) is 0 Å². The van der Waals surface area contributed by atoms with E-state index in [1.807, 2.05) is 0 Å². The highest BCUT2D eigenvalue weighted by molar-refractivity contribution is 5.34. The maximum atomic E-state index is 10.7. The van der Waals surface area contributed by atoms with E-state index in [4.69, 9.17) is 0 Å². The monoisotopic (exact) mass is 319 g/mol. The van der Waals surface area contributed by atoms with Crippen molar-refractivity contribution in [1.82, 2.24) is 0 Å². The number of hydrogen-bond donors (Lipinski definition) is 1. The van der Waals surface area contributed by atoms with Crippen molar-refractivity contribution >= 4 is 5.69 Å². The van der Waals surface area contributed by atoms with Crippen molar-refractivity contribution in [1.29, 1.82) is 0 Å². The van der Waals surface area contributed by atoms with Crippen LogP contribution in [0.2, 0.25) is 0 Å². The summed E-state index contributed by atoms with van der Waals surface area (Å²) in [5.74, 6) is 0. The van der Waals surface area contributed by atoms with Crippen LogP contribution in [0.5, 0.6) is 0 Å². The average Bonchev–Trinajstić information content (AvgIpc) is 2.34. The van der Waals surface area contributed by atoms with Crippen LogP contribution in [-0.4, -0.2) is 10.0 Å². The Morgan fingerprint density at radius 3 is 2.17 bits per heavy atom.